The summed E-state index contributed by atoms with van der Waals surface area (Å²) in [7, 11) is -3.81. The number of hydrogen-bond acceptors (Lipinski definition) is 6. The summed E-state index contributed by atoms with van der Waals surface area (Å²) in [5.41, 5.74) is 1.92. The van der Waals surface area contributed by atoms with Gasteiger partial charge in [-0.15, -0.1) is 0 Å². The molecule has 0 radical (unpaired) electrons. The van der Waals surface area contributed by atoms with E-state index in [1.54, 1.807) is 32.0 Å². The average Bonchev–Trinajstić information content (AvgIpc) is 2.89. The molecule has 0 bridgehead atoms. The predicted molar refractivity (Wildman–Crippen MR) is 112 cm³/mol. The summed E-state index contributed by atoms with van der Waals surface area (Å²) in [6.45, 7) is 5.78. The number of carbonyl (C=O) groups is 1. The molecular formula is C20H27N5O3S. The number of aryl methyl sites for hydroxylation is 2. The van der Waals surface area contributed by atoms with E-state index in [-0.39, 0.29) is 16.8 Å². The van der Waals surface area contributed by atoms with Crippen LogP contribution >= 0.6 is 0 Å². The molecule has 0 aliphatic carbocycles. The summed E-state index contributed by atoms with van der Waals surface area (Å²) in [6.07, 6.45) is 4.68. The summed E-state index contributed by atoms with van der Waals surface area (Å²) >= 11 is 0. The van der Waals surface area contributed by atoms with Crippen molar-refractivity contribution in [2.24, 2.45) is 0 Å². The van der Waals surface area contributed by atoms with E-state index in [0.717, 1.165) is 25.9 Å². The van der Waals surface area contributed by atoms with Crippen molar-refractivity contribution in [2.75, 3.05) is 29.7 Å². The first-order valence-electron chi connectivity index (χ1n) is 9.79. The van der Waals surface area contributed by atoms with E-state index >= 15 is 0 Å². The zero-order chi connectivity index (χ0) is 20.9. The topological polar surface area (TPSA) is 104 Å². The van der Waals surface area contributed by atoms with Gasteiger partial charge in [0.25, 0.3) is 10.0 Å². The molecule has 9 heteroatoms. The first kappa shape index (κ1) is 21.2. The number of nitrogens with one attached hydrogen (secondary N) is 2. The smallest absolute Gasteiger partial charge is 0.264 e. The molecule has 0 spiro atoms. The van der Waals surface area contributed by atoms with Crippen LogP contribution in [0.15, 0.2) is 35.2 Å². The number of benzene rings is 1. The zero-order valence-corrected chi connectivity index (χ0v) is 17.6. The molecule has 0 saturated carbocycles. The quantitative estimate of drug-likeness (QED) is 0.749. The monoisotopic (exact) mass is 417 g/mol. The largest absolute Gasteiger partial charge is 0.325 e. The Bertz CT molecular complexity index is 932. The minimum absolute atomic E-state index is 0.0392. The first-order valence-corrected chi connectivity index (χ1v) is 11.3. The third-order valence-corrected chi connectivity index (χ3v) is 6.07. The Balaban J connectivity index is 1.61. The van der Waals surface area contributed by atoms with Gasteiger partial charge in [-0.05, 0) is 70.1 Å². The van der Waals surface area contributed by atoms with E-state index in [1.807, 2.05) is 0 Å². The number of anilines is 2. The van der Waals surface area contributed by atoms with Gasteiger partial charge in [0.05, 0.1) is 11.4 Å². The van der Waals surface area contributed by atoms with Crippen LogP contribution in [0.2, 0.25) is 0 Å². The maximum absolute atomic E-state index is 12.6. The van der Waals surface area contributed by atoms with Crippen LogP contribution < -0.4 is 10.0 Å². The van der Waals surface area contributed by atoms with Gasteiger partial charge in [-0.2, -0.15) is 0 Å². The van der Waals surface area contributed by atoms with Gasteiger partial charge in [-0.25, -0.2) is 23.1 Å². The lowest BCUT2D eigenvalue weighted by molar-refractivity contribution is -0.117. The van der Waals surface area contributed by atoms with E-state index < -0.39 is 10.0 Å². The molecule has 2 N–H and O–H groups in total. The average molecular weight is 418 g/mol. The third kappa shape index (κ3) is 6.23. The van der Waals surface area contributed by atoms with Crippen LogP contribution in [0, 0.1) is 13.8 Å². The SMILES string of the molecule is Cc1cc(C)nc(NS(=O)(=O)c2ccc(NC(=O)CN3CCCCCC3)cc2)n1. The lowest BCUT2D eigenvalue weighted by atomic mass is 10.2. The molecule has 1 saturated heterocycles. The van der Waals surface area contributed by atoms with Crippen LogP contribution in [-0.4, -0.2) is 48.8 Å². The van der Waals surface area contributed by atoms with Crippen molar-refractivity contribution in [3.8, 4) is 0 Å². The number of nitrogens with zero attached hydrogens (tertiary/aromatic N) is 3. The van der Waals surface area contributed by atoms with Crippen molar-refractivity contribution < 1.29 is 13.2 Å². The van der Waals surface area contributed by atoms with E-state index in [9.17, 15) is 13.2 Å². The number of carbonyl (C=O) groups excluding carboxylic acids is 1. The Morgan fingerprint density at radius 1 is 1.00 bits per heavy atom. The second kappa shape index (κ2) is 9.32. The zero-order valence-electron chi connectivity index (χ0n) is 16.8. The molecule has 2 aromatic rings. The fourth-order valence-corrected chi connectivity index (χ4v) is 4.31. The summed E-state index contributed by atoms with van der Waals surface area (Å²) < 4.78 is 27.5. The maximum Gasteiger partial charge on any atom is 0.264 e. The second-order valence-corrected chi connectivity index (χ2v) is 9.03. The van der Waals surface area contributed by atoms with Gasteiger partial charge >= 0.3 is 0 Å². The summed E-state index contributed by atoms with van der Waals surface area (Å²) in [6, 6.07) is 7.83. The van der Waals surface area contributed by atoms with Gasteiger partial charge in [0, 0.05) is 17.1 Å². The molecule has 29 heavy (non-hydrogen) atoms. The summed E-state index contributed by atoms with van der Waals surface area (Å²) in [5, 5.41) is 2.83. The van der Waals surface area contributed by atoms with Crippen molar-refractivity contribution in [3.05, 3.63) is 41.7 Å². The van der Waals surface area contributed by atoms with Crippen molar-refractivity contribution in [2.45, 2.75) is 44.4 Å². The highest BCUT2D eigenvalue weighted by Gasteiger charge is 2.17. The Labute approximate surface area is 171 Å². The lowest BCUT2D eigenvalue weighted by Gasteiger charge is -2.19. The third-order valence-electron chi connectivity index (χ3n) is 4.72. The van der Waals surface area contributed by atoms with Crippen LogP contribution in [0.1, 0.15) is 37.1 Å². The minimum atomic E-state index is -3.81. The van der Waals surface area contributed by atoms with Gasteiger partial charge in [0.1, 0.15) is 0 Å². The molecule has 1 aromatic heterocycles. The van der Waals surface area contributed by atoms with Crippen molar-refractivity contribution >= 4 is 27.6 Å². The van der Waals surface area contributed by atoms with Crippen LogP contribution in [0.3, 0.4) is 0 Å². The maximum atomic E-state index is 12.6. The van der Waals surface area contributed by atoms with Gasteiger partial charge in [-0.3, -0.25) is 9.69 Å². The standard InChI is InChI=1S/C20H27N5O3S/c1-15-13-16(2)22-20(21-15)24-29(27,28)18-9-7-17(8-10-18)23-19(26)14-25-11-5-3-4-6-12-25/h7-10,13H,3-6,11-12,14H2,1-2H3,(H,23,26)(H,21,22,24). The summed E-state index contributed by atoms with van der Waals surface area (Å²) in [5.74, 6) is -0.0541. The number of likely N-dealkylation sites (tertiary alicyclic amines) is 1. The van der Waals surface area contributed by atoms with Crippen LogP contribution in [0.25, 0.3) is 0 Å². The number of amides is 1. The van der Waals surface area contributed by atoms with Crippen LogP contribution in [0.4, 0.5) is 11.6 Å². The van der Waals surface area contributed by atoms with Gasteiger partial charge in [0.15, 0.2) is 0 Å². The number of hydrogen-bond donors (Lipinski definition) is 2. The Hall–Kier alpha value is -2.52. The number of aromatic nitrogens is 2. The molecule has 0 unspecified atom stereocenters. The van der Waals surface area contributed by atoms with E-state index in [2.05, 4.69) is 24.9 Å². The number of sulfonamides is 1. The molecule has 156 valence electrons. The molecule has 1 fully saturated rings. The highest BCUT2D eigenvalue weighted by atomic mass is 32.2. The molecule has 0 atom stereocenters. The van der Waals surface area contributed by atoms with Crippen molar-refractivity contribution in [3.63, 3.8) is 0 Å². The highest BCUT2D eigenvalue weighted by Crippen LogP contribution is 2.17. The molecule has 3 rings (SSSR count). The molecule has 1 aliphatic rings. The van der Waals surface area contributed by atoms with Crippen LogP contribution in [-0.2, 0) is 14.8 Å². The molecule has 1 aromatic carbocycles. The predicted octanol–water partition coefficient (Wildman–Crippen LogP) is 2.71. The van der Waals surface area contributed by atoms with E-state index in [1.165, 1.54) is 25.0 Å². The Kier molecular flexibility index (Phi) is 6.81. The van der Waals surface area contributed by atoms with Gasteiger partial charge in [-0.1, -0.05) is 12.8 Å². The van der Waals surface area contributed by atoms with E-state index in [0.29, 0.717) is 23.6 Å². The molecule has 8 nitrogen and oxygen atoms in total. The highest BCUT2D eigenvalue weighted by molar-refractivity contribution is 7.92. The van der Waals surface area contributed by atoms with Gasteiger partial charge < -0.3 is 5.32 Å². The second-order valence-electron chi connectivity index (χ2n) is 7.34. The molecule has 1 aliphatic heterocycles. The Morgan fingerprint density at radius 3 is 2.17 bits per heavy atom. The van der Waals surface area contributed by atoms with Crippen molar-refractivity contribution in [1.29, 1.82) is 0 Å². The normalized spacial score (nSPS) is 15.5. The molecular weight excluding hydrogens is 390 g/mol. The first-order chi connectivity index (χ1) is 13.8. The summed E-state index contributed by atoms with van der Waals surface area (Å²) in [4.78, 5) is 22.7. The molecule has 2 heterocycles. The van der Waals surface area contributed by atoms with Crippen molar-refractivity contribution in [1.82, 2.24) is 14.9 Å². The van der Waals surface area contributed by atoms with E-state index in [4.69, 9.17) is 0 Å². The Morgan fingerprint density at radius 2 is 1.59 bits per heavy atom. The molecule has 1 amide bonds. The fraction of sp³-hybridized carbons (Fsp3) is 0.450. The van der Waals surface area contributed by atoms with Crippen LogP contribution in [0.5, 0.6) is 0 Å². The van der Waals surface area contributed by atoms with Gasteiger partial charge in [0.2, 0.25) is 11.9 Å². The minimum Gasteiger partial charge on any atom is -0.325 e. The fourth-order valence-electron chi connectivity index (χ4n) is 3.37. The lowest BCUT2D eigenvalue weighted by Crippen LogP contribution is -2.33. The number of rotatable bonds is 6.